The van der Waals surface area contributed by atoms with E-state index in [0.717, 1.165) is 11.6 Å². The molecule has 0 fully saturated rings. The van der Waals surface area contributed by atoms with Crippen LogP contribution in [0.4, 0.5) is 18.0 Å². The van der Waals surface area contributed by atoms with Crippen molar-refractivity contribution in [3.05, 3.63) is 35.9 Å². The molecule has 1 rings (SSSR count). The number of nitrogens with two attached hydrogens (primary N) is 1. The van der Waals surface area contributed by atoms with Crippen molar-refractivity contribution in [3.63, 3.8) is 0 Å². The molecule has 0 aliphatic heterocycles. The highest BCUT2D eigenvalue weighted by Crippen LogP contribution is 2.13. The summed E-state index contributed by atoms with van der Waals surface area (Å²) in [4.78, 5) is 32.1. The first-order chi connectivity index (χ1) is 13.7. The lowest BCUT2D eigenvalue weighted by molar-refractivity contribution is -0.192. The SMILES string of the molecule is C[Si](C)(C)CCOC(=O)[C@@H](N)CNC(=O)OCc1ccccc1.O=C(O)C(F)(F)F. The predicted octanol–water partition coefficient (Wildman–Crippen LogP) is 2.75. The van der Waals surface area contributed by atoms with E-state index in [1.165, 1.54) is 0 Å². The number of nitrogens with one attached hydrogen (secondary N) is 1. The summed E-state index contributed by atoms with van der Waals surface area (Å²) < 4.78 is 41.9. The fourth-order valence-corrected chi connectivity index (χ4v) is 2.33. The maximum Gasteiger partial charge on any atom is 0.490 e. The predicted molar refractivity (Wildman–Crippen MR) is 105 cm³/mol. The molecule has 0 spiro atoms. The van der Waals surface area contributed by atoms with E-state index in [9.17, 15) is 22.8 Å². The van der Waals surface area contributed by atoms with E-state index >= 15 is 0 Å². The van der Waals surface area contributed by atoms with Crippen molar-refractivity contribution in [3.8, 4) is 0 Å². The Labute approximate surface area is 173 Å². The summed E-state index contributed by atoms with van der Waals surface area (Å²) in [6.07, 6.45) is -5.70. The Morgan fingerprint density at radius 3 is 2.13 bits per heavy atom. The van der Waals surface area contributed by atoms with Gasteiger partial charge >= 0.3 is 24.2 Å². The van der Waals surface area contributed by atoms with Crippen molar-refractivity contribution in [2.45, 2.75) is 44.5 Å². The molecular formula is C18H27F3N2O6Si. The smallest absolute Gasteiger partial charge is 0.475 e. The van der Waals surface area contributed by atoms with Gasteiger partial charge < -0.3 is 25.6 Å². The molecule has 1 aromatic carbocycles. The quantitative estimate of drug-likeness (QED) is 0.409. The van der Waals surface area contributed by atoms with E-state index in [-0.39, 0.29) is 13.2 Å². The first-order valence-electron chi connectivity index (χ1n) is 8.89. The number of alkyl carbamates (subject to hydrolysis) is 1. The van der Waals surface area contributed by atoms with Gasteiger partial charge in [-0.25, -0.2) is 9.59 Å². The first-order valence-corrected chi connectivity index (χ1v) is 12.6. The third-order valence-electron chi connectivity index (χ3n) is 3.32. The third-order valence-corrected chi connectivity index (χ3v) is 5.02. The van der Waals surface area contributed by atoms with Crippen molar-refractivity contribution < 1.29 is 42.1 Å². The average molecular weight is 453 g/mol. The zero-order valence-electron chi connectivity index (χ0n) is 17.0. The van der Waals surface area contributed by atoms with Crippen LogP contribution in [0.25, 0.3) is 0 Å². The fourth-order valence-electron chi connectivity index (χ4n) is 1.62. The summed E-state index contributed by atoms with van der Waals surface area (Å²) >= 11 is 0. The van der Waals surface area contributed by atoms with Crippen LogP contribution in [0.5, 0.6) is 0 Å². The maximum atomic E-state index is 11.7. The van der Waals surface area contributed by atoms with Gasteiger partial charge in [0.05, 0.1) is 6.61 Å². The molecule has 170 valence electrons. The van der Waals surface area contributed by atoms with Crippen LogP contribution in [0.3, 0.4) is 0 Å². The summed E-state index contributed by atoms with van der Waals surface area (Å²) in [5, 5.41) is 9.59. The number of halogens is 3. The molecule has 1 aromatic rings. The zero-order valence-corrected chi connectivity index (χ0v) is 18.0. The lowest BCUT2D eigenvalue weighted by atomic mass is 10.2. The number of hydrogen-bond acceptors (Lipinski definition) is 6. The van der Waals surface area contributed by atoms with Gasteiger partial charge in [0.15, 0.2) is 0 Å². The molecular weight excluding hydrogens is 425 g/mol. The first kappa shape index (κ1) is 27.4. The third kappa shape index (κ3) is 14.4. The van der Waals surface area contributed by atoms with Crippen molar-refractivity contribution in [1.29, 1.82) is 0 Å². The van der Waals surface area contributed by atoms with Gasteiger partial charge in [0, 0.05) is 14.6 Å². The van der Waals surface area contributed by atoms with Crippen molar-refractivity contribution >= 4 is 26.1 Å². The standard InChI is InChI=1S/C16H26N2O4Si.C2HF3O2/c1-23(2,3)10-9-21-15(19)14(17)11-18-16(20)22-12-13-7-5-4-6-8-13;3-2(4,5)1(6)7/h4-8,14H,9-12,17H2,1-3H3,(H,18,20);(H,6,7)/t14-;/m0./s1. The van der Waals surface area contributed by atoms with Gasteiger partial charge in [0.2, 0.25) is 0 Å². The molecule has 1 amide bonds. The van der Waals surface area contributed by atoms with Gasteiger partial charge in [0.25, 0.3) is 0 Å². The van der Waals surface area contributed by atoms with Crippen LogP contribution >= 0.6 is 0 Å². The van der Waals surface area contributed by atoms with E-state index in [1.54, 1.807) is 0 Å². The number of carboxylic acids is 1. The summed E-state index contributed by atoms with van der Waals surface area (Å²) in [5.74, 6) is -3.26. The Kier molecular flexibility index (Phi) is 11.7. The lowest BCUT2D eigenvalue weighted by Crippen LogP contribution is -2.43. The van der Waals surface area contributed by atoms with Crippen LogP contribution in [0.1, 0.15) is 5.56 Å². The highest BCUT2D eigenvalue weighted by atomic mass is 28.3. The number of amides is 1. The monoisotopic (exact) mass is 452 g/mol. The van der Waals surface area contributed by atoms with Crippen LogP contribution in [-0.2, 0) is 25.7 Å². The number of carbonyl (C=O) groups excluding carboxylic acids is 2. The molecule has 0 aliphatic rings. The molecule has 0 bridgehead atoms. The molecule has 4 N–H and O–H groups in total. The molecule has 0 saturated heterocycles. The molecule has 0 aliphatic carbocycles. The molecule has 1 atom stereocenters. The van der Waals surface area contributed by atoms with E-state index < -0.39 is 38.3 Å². The van der Waals surface area contributed by atoms with E-state index in [4.69, 9.17) is 25.1 Å². The number of esters is 1. The largest absolute Gasteiger partial charge is 0.490 e. The minimum Gasteiger partial charge on any atom is -0.475 e. The molecule has 0 unspecified atom stereocenters. The normalized spacial score (nSPS) is 12.1. The molecule has 8 nitrogen and oxygen atoms in total. The van der Waals surface area contributed by atoms with Gasteiger partial charge in [-0.2, -0.15) is 13.2 Å². The second-order valence-corrected chi connectivity index (χ2v) is 13.0. The number of rotatable bonds is 8. The van der Waals surface area contributed by atoms with Crippen LogP contribution in [0, 0.1) is 0 Å². The van der Waals surface area contributed by atoms with Crippen LogP contribution in [0.2, 0.25) is 25.7 Å². The summed E-state index contributed by atoms with van der Waals surface area (Å²) in [5.41, 5.74) is 6.58. The minimum absolute atomic E-state index is 0.0145. The molecule has 0 saturated carbocycles. The fraction of sp³-hybridized carbons (Fsp3) is 0.500. The zero-order chi connectivity index (χ0) is 23.4. The van der Waals surface area contributed by atoms with E-state index in [0.29, 0.717) is 6.61 Å². The van der Waals surface area contributed by atoms with Gasteiger partial charge in [-0.3, -0.25) is 4.79 Å². The Bertz CT molecular complexity index is 681. The number of carboxylic acid groups (broad SMARTS) is 1. The molecule has 0 heterocycles. The van der Waals surface area contributed by atoms with Gasteiger partial charge in [-0.05, 0) is 11.6 Å². The van der Waals surface area contributed by atoms with E-state index in [2.05, 4.69) is 25.0 Å². The number of carbonyl (C=O) groups is 3. The minimum atomic E-state index is -5.08. The Morgan fingerprint density at radius 1 is 1.13 bits per heavy atom. The van der Waals surface area contributed by atoms with Gasteiger partial charge in [-0.15, -0.1) is 0 Å². The van der Waals surface area contributed by atoms with Crippen LogP contribution in [-0.4, -0.2) is 56.6 Å². The number of hydrogen-bond donors (Lipinski definition) is 3. The molecule has 12 heteroatoms. The number of aliphatic carboxylic acids is 1. The van der Waals surface area contributed by atoms with Crippen molar-refractivity contribution in [2.24, 2.45) is 5.73 Å². The Hall–Kier alpha value is -2.60. The molecule has 30 heavy (non-hydrogen) atoms. The summed E-state index contributed by atoms with van der Waals surface area (Å²) in [6.45, 7) is 7.13. The number of ether oxygens (including phenoxy) is 2. The van der Waals surface area contributed by atoms with Crippen molar-refractivity contribution in [2.75, 3.05) is 13.2 Å². The Balaban J connectivity index is 0.00000103. The maximum absolute atomic E-state index is 11.7. The Morgan fingerprint density at radius 2 is 1.67 bits per heavy atom. The van der Waals surface area contributed by atoms with Crippen LogP contribution in [0.15, 0.2) is 30.3 Å². The second kappa shape index (κ2) is 12.9. The molecule has 0 aromatic heterocycles. The average Bonchev–Trinajstić information content (AvgIpc) is 2.63. The van der Waals surface area contributed by atoms with Crippen LogP contribution < -0.4 is 11.1 Å². The summed E-state index contributed by atoms with van der Waals surface area (Å²) in [7, 11) is -1.25. The van der Waals surface area contributed by atoms with Gasteiger partial charge in [-0.1, -0.05) is 50.0 Å². The highest BCUT2D eigenvalue weighted by Gasteiger charge is 2.38. The number of benzene rings is 1. The highest BCUT2D eigenvalue weighted by molar-refractivity contribution is 6.76. The topological polar surface area (TPSA) is 128 Å². The van der Waals surface area contributed by atoms with Gasteiger partial charge in [0.1, 0.15) is 12.6 Å². The van der Waals surface area contributed by atoms with E-state index in [1.807, 2.05) is 30.3 Å². The summed E-state index contributed by atoms with van der Waals surface area (Å²) in [6, 6.07) is 9.32. The number of alkyl halides is 3. The molecule has 0 radical (unpaired) electrons. The van der Waals surface area contributed by atoms with Crippen molar-refractivity contribution in [1.82, 2.24) is 5.32 Å². The lowest BCUT2D eigenvalue weighted by Gasteiger charge is -2.17. The second-order valence-electron chi connectivity index (χ2n) is 7.33.